The molecule has 5 rings (SSSR count). The van der Waals surface area contributed by atoms with Gasteiger partial charge in [-0.2, -0.15) is 0 Å². The fourth-order valence-corrected chi connectivity index (χ4v) is 7.60. The molecule has 1 aliphatic heterocycles. The lowest BCUT2D eigenvalue weighted by molar-refractivity contribution is -0.135. The van der Waals surface area contributed by atoms with Gasteiger partial charge in [0.25, 0.3) is 5.91 Å². The summed E-state index contributed by atoms with van der Waals surface area (Å²) in [5.41, 5.74) is 1.25. The first kappa shape index (κ1) is 32.8. The lowest BCUT2D eigenvalue weighted by Crippen LogP contribution is -2.57. The Labute approximate surface area is 266 Å². The Bertz CT molecular complexity index is 1250. The summed E-state index contributed by atoms with van der Waals surface area (Å²) in [5, 5.41) is 4.41. The fraction of sp³-hybridized carbons (Fsp3) is 0.600. The van der Waals surface area contributed by atoms with Crippen LogP contribution in [0.2, 0.25) is 5.02 Å². The van der Waals surface area contributed by atoms with Gasteiger partial charge in [-0.15, -0.1) is 0 Å². The van der Waals surface area contributed by atoms with Crippen molar-refractivity contribution in [3.05, 3.63) is 70.2 Å². The van der Waals surface area contributed by atoms with E-state index in [9.17, 15) is 18.4 Å². The molecule has 44 heavy (non-hydrogen) atoms. The van der Waals surface area contributed by atoms with E-state index in [4.69, 9.17) is 11.6 Å². The van der Waals surface area contributed by atoms with Crippen molar-refractivity contribution >= 4 is 23.4 Å². The van der Waals surface area contributed by atoms with Gasteiger partial charge in [-0.05, 0) is 108 Å². The van der Waals surface area contributed by atoms with E-state index in [1.54, 1.807) is 0 Å². The van der Waals surface area contributed by atoms with E-state index in [0.717, 1.165) is 75.5 Å². The molecule has 2 amide bonds. The highest BCUT2D eigenvalue weighted by Crippen LogP contribution is 2.30. The Kier molecular flexibility index (Phi) is 11.3. The third-order valence-corrected chi connectivity index (χ3v) is 10.3. The van der Waals surface area contributed by atoms with Gasteiger partial charge in [-0.1, -0.05) is 43.0 Å². The molecule has 3 aliphatic rings. The molecule has 0 bridgehead atoms. The number of hydrogen-bond donors (Lipinski definition) is 1. The minimum Gasteiger partial charge on any atom is -0.341 e. The van der Waals surface area contributed by atoms with Crippen molar-refractivity contribution in [2.75, 3.05) is 27.2 Å². The zero-order valence-electron chi connectivity index (χ0n) is 26.1. The monoisotopic (exact) mass is 628 g/mol. The molecule has 2 saturated carbocycles. The molecule has 3 fully saturated rings. The molecule has 2 aliphatic carbocycles. The number of amides is 2. The summed E-state index contributed by atoms with van der Waals surface area (Å²) in [5.74, 6) is -2.10. The molecule has 0 aromatic heterocycles. The Morgan fingerprint density at radius 3 is 2.09 bits per heavy atom. The number of piperidine rings is 1. The number of likely N-dealkylation sites (tertiary alicyclic amines) is 1. The van der Waals surface area contributed by atoms with Gasteiger partial charge in [-0.25, -0.2) is 8.78 Å². The second-order valence-electron chi connectivity index (χ2n) is 13.2. The van der Waals surface area contributed by atoms with Crippen LogP contribution in [-0.2, 0) is 11.2 Å². The Hall–Kier alpha value is -2.55. The molecule has 1 atom stereocenters. The van der Waals surface area contributed by atoms with Crippen molar-refractivity contribution in [3.63, 3.8) is 0 Å². The van der Waals surface area contributed by atoms with Crippen LogP contribution in [0.5, 0.6) is 0 Å². The van der Waals surface area contributed by atoms with Crippen LogP contribution in [0.25, 0.3) is 0 Å². The van der Waals surface area contributed by atoms with Crippen LogP contribution in [-0.4, -0.2) is 83.9 Å². The van der Waals surface area contributed by atoms with Crippen LogP contribution in [0.15, 0.2) is 42.5 Å². The standard InChI is InChI=1S/C35H47ClF2N4O2/c1-40(2)28-15-13-27(14-16-28)39-33(22-24-8-11-26(36)12-9-24)35(44)41-20-18-30(19-21-41)42(29-6-4-3-5-7-29)34(43)25-10-17-31(37)32(38)23-25/h8-12,17,23,27-30,33,39H,3-7,13-16,18-22H2,1-2H3/t27?,28?,33-/m1/s1. The average molecular weight is 629 g/mol. The highest BCUT2D eigenvalue weighted by molar-refractivity contribution is 6.30. The van der Waals surface area contributed by atoms with Crippen molar-refractivity contribution in [1.82, 2.24) is 20.0 Å². The van der Waals surface area contributed by atoms with Gasteiger partial charge >= 0.3 is 0 Å². The van der Waals surface area contributed by atoms with Gasteiger partial charge in [0.2, 0.25) is 5.91 Å². The highest BCUT2D eigenvalue weighted by Gasteiger charge is 2.37. The number of hydrogen-bond acceptors (Lipinski definition) is 4. The van der Waals surface area contributed by atoms with Crippen LogP contribution >= 0.6 is 11.6 Å². The van der Waals surface area contributed by atoms with Gasteiger partial charge in [0.1, 0.15) is 0 Å². The lowest BCUT2D eigenvalue weighted by Gasteiger charge is -2.44. The summed E-state index contributed by atoms with van der Waals surface area (Å²) in [6.45, 7) is 1.12. The lowest BCUT2D eigenvalue weighted by atomic mass is 9.89. The number of carbonyl (C=O) groups excluding carboxylic acids is 2. The van der Waals surface area contributed by atoms with E-state index in [0.29, 0.717) is 49.5 Å². The summed E-state index contributed by atoms with van der Waals surface area (Å²) >= 11 is 6.14. The Morgan fingerprint density at radius 1 is 0.841 bits per heavy atom. The zero-order valence-corrected chi connectivity index (χ0v) is 26.9. The summed E-state index contributed by atoms with van der Waals surface area (Å²) in [6, 6.07) is 11.7. The van der Waals surface area contributed by atoms with Crippen LogP contribution < -0.4 is 5.32 Å². The highest BCUT2D eigenvalue weighted by atomic mass is 35.5. The summed E-state index contributed by atoms with van der Waals surface area (Å²) < 4.78 is 27.8. The minimum atomic E-state index is -1.01. The first-order valence-corrected chi connectivity index (χ1v) is 16.8. The third-order valence-electron chi connectivity index (χ3n) is 10.1. The van der Waals surface area contributed by atoms with Gasteiger partial charge in [0, 0.05) is 47.8 Å². The Morgan fingerprint density at radius 2 is 1.48 bits per heavy atom. The molecule has 6 nitrogen and oxygen atoms in total. The number of benzene rings is 2. The summed E-state index contributed by atoms with van der Waals surface area (Å²) in [7, 11) is 4.27. The molecule has 9 heteroatoms. The van der Waals surface area contributed by atoms with Crippen molar-refractivity contribution in [3.8, 4) is 0 Å². The van der Waals surface area contributed by atoms with Gasteiger partial charge < -0.3 is 20.0 Å². The molecule has 1 saturated heterocycles. The largest absolute Gasteiger partial charge is 0.341 e. The molecular weight excluding hydrogens is 582 g/mol. The first-order valence-electron chi connectivity index (χ1n) is 16.4. The maximum Gasteiger partial charge on any atom is 0.254 e. The van der Waals surface area contributed by atoms with E-state index in [1.807, 2.05) is 34.1 Å². The Balaban J connectivity index is 1.27. The van der Waals surface area contributed by atoms with Crippen molar-refractivity contribution in [1.29, 1.82) is 0 Å². The first-order chi connectivity index (χ1) is 21.2. The molecule has 2 aromatic rings. The zero-order chi connectivity index (χ0) is 31.2. The van der Waals surface area contributed by atoms with E-state index in [-0.39, 0.29) is 35.5 Å². The maximum absolute atomic E-state index is 14.1. The quantitative estimate of drug-likeness (QED) is 0.347. The molecule has 0 radical (unpaired) electrons. The predicted molar refractivity (Wildman–Crippen MR) is 171 cm³/mol. The summed E-state index contributed by atoms with van der Waals surface area (Å²) in [6.07, 6.45) is 11.3. The van der Waals surface area contributed by atoms with E-state index >= 15 is 0 Å². The average Bonchev–Trinajstić information content (AvgIpc) is 3.04. The van der Waals surface area contributed by atoms with Crippen LogP contribution in [0.1, 0.15) is 86.6 Å². The topological polar surface area (TPSA) is 55.9 Å². The molecule has 1 heterocycles. The molecular formula is C35H47ClF2N4O2. The second-order valence-corrected chi connectivity index (χ2v) is 13.6. The van der Waals surface area contributed by atoms with E-state index < -0.39 is 11.6 Å². The molecule has 1 N–H and O–H groups in total. The molecule has 2 aromatic carbocycles. The van der Waals surface area contributed by atoms with Crippen molar-refractivity contribution < 1.29 is 18.4 Å². The summed E-state index contributed by atoms with van der Waals surface area (Å²) in [4.78, 5) is 34.1. The second kappa shape index (κ2) is 15.2. The van der Waals surface area contributed by atoms with Crippen molar-refractivity contribution in [2.45, 2.75) is 107 Å². The van der Waals surface area contributed by atoms with Gasteiger partial charge in [0.15, 0.2) is 11.6 Å². The van der Waals surface area contributed by atoms with E-state index in [1.165, 1.54) is 6.07 Å². The van der Waals surface area contributed by atoms with Gasteiger partial charge in [-0.3, -0.25) is 9.59 Å². The maximum atomic E-state index is 14.1. The third kappa shape index (κ3) is 8.18. The normalized spacial score (nSPS) is 22.6. The molecule has 0 unspecified atom stereocenters. The molecule has 0 spiro atoms. The van der Waals surface area contributed by atoms with Crippen molar-refractivity contribution in [2.24, 2.45) is 0 Å². The van der Waals surface area contributed by atoms with Crippen LogP contribution in [0, 0.1) is 11.6 Å². The number of halogens is 3. The van der Waals surface area contributed by atoms with Crippen LogP contribution in [0.4, 0.5) is 8.78 Å². The smallest absolute Gasteiger partial charge is 0.254 e. The van der Waals surface area contributed by atoms with E-state index in [2.05, 4.69) is 24.3 Å². The number of nitrogens with one attached hydrogen (secondary N) is 1. The molecule has 240 valence electrons. The van der Waals surface area contributed by atoms with Crippen LogP contribution in [0.3, 0.4) is 0 Å². The van der Waals surface area contributed by atoms with Gasteiger partial charge in [0.05, 0.1) is 6.04 Å². The SMILES string of the molecule is CN(C)C1CCC(N[C@H](Cc2ccc(Cl)cc2)C(=O)N2CCC(N(C(=O)c3ccc(F)c(F)c3)C3CCCCC3)CC2)CC1. The predicted octanol–water partition coefficient (Wildman–Crippen LogP) is 6.46. The number of rotatable bonds is 9. The number of carbonyl (C=O) groups is 2. The minimum absolute atomic E-state index is 0.0493. The number of nitrogens with zero attached hydrogens (tertiary/aromatic N) is 3. The fourth-order valence-electron chi connectivity index (χ4n) is 7.47.